The number of nitrogens with one attached hydrogen (secondary N) is 2. The molecule has 1 unspecified atom stereocenters. The highest BCUT2D eigenvalue weighted by atomic mass is 16.2. The molecule has 1 aromatic heterocycles. The predicted molar refractivity (Wildman–Crippen MR) is 85.6 cm³/mol. The van der Waals surface area contributed by atoms with E-state index in [0.717, 1.165) is 11.4 Å². The van der Waals surface area contributed by atoms with Gasteiger partial charge in [-0.25, -0.2) is 4.79 Å². The molecule has 1 heterocycles. The maximum atomic E-state index is 12.2. The lowest BCUT2D eigenvalue weighted by Crippen LogP contribution is -2.31. The summed E-state index contributed by atoms with van der Waals surface area (Å²) in [7, 11) is 3.63. The molecule has 0 aliphatic carbocycles. The molecule has 5 nitrogen and oxygen atoms in total. The first-order valence-electron chi connectivity index (χ1n) is 6.84. The van der Waals surface area contributed by atoms with E-state index in [2.05, 4.69) is 22.5 Å². The maximum absolute atomic E-state index is 12.2. The van der Waals surface area contributed by atoms with Crippen molar-refractivity contribution in [1.82, 2.24) is 10.3 Å². The fraction of sp³-hybridized carbons (Fsp3) is 0.250. The highest BCUT2D eigenvalue weighted by molar-refractivity contribution is 6.01. The van der Waals surface area contributed by atoms with Gasteiger partial charge in [0, 0.05) is 25.0 Å². The van der Waals surface area contributed by atoms with Gasteiger partial charge < -0.3 is 10.6 Å². The van der Waals surface area contributed by atoms with Crippen molar-refractivity contribution >= 4 is 17.4 Å². The number of benzene rings is 1. The van der Waals surface area contributed by atoms with Crippen molar-refractivity contribution in [2.75, 3.05) is 24.3 Å². The molecule has 0 spiro atoms. The minimum absolute atomic E-state index is 0.197. The standard InChI is InChI=1S/C16H20N4O/c1-12(17-2)13-6-8-14(9-7-13)19-16(21)20(3)15-5-4-10-18-11-15/h4-12,17H,1-3H3,(H,19,21). The average molecular weight is 284 g/mol. The number of aromatic nitrogens is 1. The van der Waals surface area contributed by atoms with Gasteiger partial charge in [0.2, 0.25) is 0 Å². The Morgan fingerprint density at radius 1 is 1.24 bits per heavy atom. The number of urea groups is 1. The number of pyridine rings is 1. The molecule has 0 aliphatic heterocycles. The first-order chi connectivity index (χ1) is 10.1. The van der Waals surface area contributed by atoms with Crippen LogP contribution in [0.2, 0.25) is 0 Å². The maximum Gasteiger partial charge on any atom is 0.326 e. The first-order valence-corrected chi connectivity index (χ1v) is 6.84. The molecule has 5 heteroatoms. The lowest BCUT2D eigenvalue weighted by Gasteiger charge is -2.18. The molecule has 0 bridgehead atoms. The van der Waals surface area contributed by atoms with Crippen LogP contribution in [-0.4, -0.2) is 25.1 Å². The Morgan fingerprint density at radius 3 is 2.52 bits per heavy atom. The minimum Gasteiger partial charge on any atom is -0.313 e. The summed E-state index contributed by atoms with van der Waals surface area (Å²) in [5, 5.41) is 6.04. The van der Waals surface area contributed by atoms with Gasteiger partial charge in [-0.05, 0) is 43.8 Å². The van der Waals surface area contributed by atoms with Crippen molar-refractivity contribution < 1.29 is 4.79 Å². The van der Waals surface area contributed by atoms with E-state index in [0.29, 0.717) is 0 Å². The highest BCUT2D eigenvalue weighted by Crippen LogP contribution is 2.17. The topological polar surface area (TPSA) is 57.3 Å². The van der Waals surface area contributed by atoms with E-state index in [1.54, 1.807) is 25.5 Å². The summed E-state index contributed by atoms with van der Waals surface area (Å²) in [5.74, 6) is 0. The summed E-state index contributed by atoms with van der Waals surface area (Å²) in [4.78, 5) is 17.7. The normalized spacial score (nSPS) is 11.8. The Labute approximate surface area is 125 Å². The number of hydrogen-bond donors (Lipinski definition) is 2. The zero-order valence-electron chi connectivity index (χ0n) is 12.5. The van der Waals surface area contributed by atoms with Gasteiger partial charge in [-0.1, -0.05) is 12.1 Å². The van der Waals surface area contributed by atoms with Crippen LogP contribution in [0.25, 0.3) is 0 Å². The molecular weight excluding hydrogens is 264 g/mol. The van der Waals surface area contributed by atoms with E-state index < -0.39 is 0 Å². The van der Waals surface area contributed by atoms with Gasteiger partial charge in [0.15, 0.2) is 0 Å². The molecule has 2 N–H and O–H groups in total. The van der Waals surface area contributed by atoms with Crippen LogP contribution >= 0.6 is 0 Å². The van der Waals surface area contributed by atoms with Crippen LogP contribution < -0.4 is 15.5 Å². The van der Waals surface area contributed by atoms with Crippen molar-refractivity contribution in [3.63, 3.8) is 0 Å². The summed E-state index contributed by atoms with van der Waals surface area (Å²) in [6.07, 6.45) is 3.33. The van der Waals surface area contributed by atoms with E-state index in [1.165, 1.54) is 10.5 Å². The van der Waals surface area contributed by atoms with Crippen LogP contribution in [0.5, 0.6) is 0 Å². The molecule has 2 aromatic rings. The van der Waals surface area contributed by atoms with Crippen molar-refractivity contribution in [2.24, 2.45) is 0 Å². The molecular formula is C16H20N4O. The van der Waals surface area contributed by atoms with Gasteiger partial charge in [-0.3, -0.25) is 9.88 Å². The zero-order valence-corrected chi connectivity index (χ0v) is 12.5. The molecule has 0 saturated heterocycles. The van der Waals surface area contributed by atoms with Crippen molar-refractivity contribution in [2.45, 2.75) is 13.0 Å². The van der Waals surface area contributed by atoms with Gasteiger partial charge in [0.05, 0.1) is 11.9 Å². The monoisotopic (exact) mass is 284 g/mol. The van der Waals surface area contributed by atoms with E-state index >= 15 is 0 Å². The summed E-state index contributed by atoms with van der Waals surface area (Å²) in [6, 6.07) is 11.5. The van der Waals surface area contributed by atoms with Crippen LogP contribution in [0.1, 0.15) is 18.5 Å². The highest BCUT2D eigenvalue weighted by Gasteiger charge is 2.11. The van der Waals surface area contributed by atoms with Crippen LogP contribution in [0.3, 0.4) is 0 Å². The van der Waals surface area contributed by atoms with Gasteiger partial charge >= 0.3 is 6.03 Å². The first kappa shape index (κ1) is 15.0. The Balaban J connectivity index is 2.03. The number of anilines is 2. The quantitative estimate of drug-likeness (QED) is 0.907. The summed E-state index contributed by atoms with van der Waals surface area (Å²) >= 11 is 0. The van der Waals surface area contributed by atoms with Gasteiger partial charge in [-0.2, -0.15) is 0 Å². The van der Waals surface area contributed by atoms with Crippen LogP contribution in [0, 0.1) is 0 Å². The van der Waals surface area contributed by atoms with E-state index in [1.807, 2.05) is 37.4 Å². The molecule has 110 valence electrons. The molecule has 0 saturated carbocycles. The Kier molecular flexibility index (Phi) is 4.90. The molecule has 1 atom stereocenters. The van der Waals surface area contributed by atoms with E-state index in [9.17, 15) is 4.79 Å². The van der Waals surface area contributed by atoms with Crippen molar-refractivity contribution in [3.8, 4) is 0 Å². The average Bonchev–Trinajstić information content (AvgIpc) is 2.55. The number of nitrogens with zero attached hydrogens (tertiary/aromatic N) is 2. The number of carbonyl (C=O) groups excluding carboxylic acids is 1. The molecule has 0 radical (unpaired) electrons. The second kappa shape index (κ2) is 6.85. The predicted octanol–water partition coefficient (Wildman–Crippen LogP) is 3.03. The van der Waals surface area contributed by atoms with E-state index in [4.69, 9.17) is 0 Å². The third-order valence-electron chi connectivity index (χ3n) is 3.43. The minimum atomic E-state index is -0.197. The van der Waals surface area contributed by atoms with Gasteiger partial charge in [0.1, 0.15) is 0 Å². The molecule has 1 aromatic carbocycles. The Hall–Kier alpha value is -2.40. The Morgan fingerprint density at radius 2 is 1.95 bits per heavy atom. The van der Waals surface area contributed by atoms with Crippen LogP contribution in [0.4, 0.5) is 16.2 Å². The largest absolute Gasteiger partial charge is 0.326 e. The molecule has 2 amide bonds. The SMILES string of the molecule is CNC(C)c1ccc(NC(=O)N(C)c2cccnc2)cc1. The molecule has 21 heavy (non-hydrogen) atoms. The lowest BCUT2D eigenvalue weighted by atomic mass is 10.1. The third kappa shape index (κ3) is 3.79. The zero-order chi connectivity index (χ0) is 15.2. The summed E-state index contributed by atoms with van der Waals surface area (Å²) < 4.78 is 0. The molecule has 0 fully saturated rings. The van der Waals surface area contributed by atoms with Gasteiger partial charge in [-0.15, -0.1) is 0 Å². The number of rotatable bonds is 4. The van der Waals surface area contributed by atoms with Crippen LogP contribution in [0.15, 0.2) is 48.8 Å². The molecule has 0 aliphatic rings. The van der Waals surface area contributed by atoms with Crippen LogP contribution in [-0.2, 0) is 0 Å². The third-order valence-corrected chi connectivity index (χ3v) is 3.43. The summed E-state index contributed by atoms with van der Waals surface area (Å²) in [5.41, 5.74) is 2.69. The fourth-order valence-electron chi connectivity index (χ4n) is 1.90. The number of hydrogen-bond acceptors (Lipinski definition) is 3. The second-order valence-electron chi connectivity index (χ2n) is 4.83. The van der Waals surface area contributed by atoms with Gasteiger partial charge in [0.25, 0.3) is 0 Å². The summed E-state index contributed by atoms with van der Waals surface area (Å²) in [6.45, 7) is 2.09. The second-order valence-corrected chi connectivity index (χ2v) is 4.83. The fourth-order valence-corrected chi connectivity index (χ4v) is 1.90. The van der Waals surface area contributed by atoms with E-state index in [-0.39, 0.29) is 12.1 Å². The number of carbonyl (C=O) groups is 1. The Bertz CT molecular complexity index is 583. The smallest absolute Gasteiger partial charge is 0.313 e. The lowest BCUT2D eigenvalue weighted by molar-refractivity contribution is 0.258. The van der Waals surface area contributed by atoms with Crippen molar-refractivity contribution in [3.05, 3.63) is 54.4 Å². The molecule has 2 rings (SSSR count). The number of amides is 2. The van der Waals surface area contributed by atoms with Crippen molar-refractivity contribution in [1.29, 1.82) is 0 Å².